The maximum atomic E-state index is 11.5. The van der Waals surface area contributed by atoms with Crippen molar-refractivity contribution >= 4 is 5.91 Å². The second-order valence-electron chi connectivity index (χ2n) is 7.63. The van der Waals surface area contributed by atoms with Crippen molar-refractivity contribution in [3.05, 3.63) is 65.2 Å². The monoisotopic (exact) mass is 366 g/mol. The lowest BCUT2D eigenvalue weighted by molar-refractivity contribution is -0.129. The van der Waals surface area contributed by atoms with Gasteiger partial charge in [0.2, 0.25) is 5.91 Å². The van der Waals surface area contributed by atoms with Gasteiger partial charge < -0.3 is 10.1 Å². The van der Waals surface area contributed by atoms with Crippen LogP contribution in [0.15, 0.2) is 48.5 Å². The maximum Gasteiger partial charge on any atom is 0.225 e. The van der Waals surface area contributed by atoms with E-state index in [0.29, 0.717) is 0 Å². The molecule has 144 valence electrons. The first-order valence-corrected chi connectivity index (χ1v) is 9.81. The van der Waals surface area contributed by atoms with Gasteiger partial charge >= 0.3 is 0 Å². The number of amides is 1. The molecule has 1 aliphatic heterocycles. The molecule has 1 amide bonds. The Labute approximate surface area is 162 Å². The average molecular weight is 367 g/mol. The molecule has 3 rings (SSSR count). The first-order valence-electron chi connectivity index (χ1n) is 9.81. The van der Waals surface area contributed by atoms with E-state index < -0.39 is 0 Å². The van der Waals surface area contributed by atoms with Crippen LogP contribution < -0.4 is 10.1 Å². The Balaban J connectivity index is 1.43. The van der Waals surface area contributed by atoms with Gasteiger partial charge in [-0.05, 0) is 55.5 Å². The molecule has 1 aliphatic rings. The van der Waals surface area contributed by atoms with Gasteiger partial charge in [0.15, 0.2) is 0 Å². The zero-order valence-corrected chi connectivity index (χ0v) is 16.6. The fraction of sp³-hybridized carbons (Fsp3) is 0.435. The summed E-state index contributed by atoms with van der Waals surface area (Å²) < 4.78 is 5.69. The summed E-state index contributed by atoms with van der Waals surface area (Å²) >= 11 is 0. The minimum Gasteiger partial charge on any atom is -0.491 e. The topological polar surface area (TPSA) is 41.6 Å². The Morgan fingerprint density at radius 1 is 1.00 bits per heavy atom. The zero-order valence-electron chi connectivity index (χ0n) is 16.6. The van der Waals surface area contributed by atoms with E-state index in [1.807, 2.05) is 13.8 Å². The van der Waals surface area contributed by atoms with Gasteiger partial charge in [-0.1, -0.05) is 36.4 Å². The highest BCUT2D eigenvalue weighted by Crippen LogP contribution is 2.20. The summed E-state index contributed by atoms with van der Waals surface area (Å²) in [5.74, 6) is 1.25. The molecule has 0 radical (unpaired) electrons. The van der Waals surface area contributed by atoms with E-state index in [-0.39, 0.29) is 17.9 Å². The summed E-state index contributed by atoms with van der Waals surface area (Å²) in [7, 11) is 1.71. The van der Waals surface area contributed by atoms with Crippen LogP contribution in [0.25, 0.3) is 0 Å². The first kappa shape index (κ1) is 19.4. The van der Waals surface area contributed by atoms with Crippen LogP contribution in [0.4, 0.5) is 0 Å². The summed E-state index contributed by atoms with van der Waals surface area (Å²) in [6.07, 6.45) is 2.27. The number of carbonyl (C=O) groups is 1. The van der Waals surface area contributed by atoms with E-state index in [1.54, 1.807) is 7.05 Å². The van der Waals surface area contributed by atoms with E-state index in [0.717, 1.165) is 38.2 Å². The third-order valence-electron chi connectivity index (χ3n) is 5.00. The van der Waals surface area contributed by atoms with Crippen LogP contribution in [0, 0.1) is 5.92 Å². The lowest BCUT2D eigenvalue weighted by atomic mass is 9.98. The number of carbonyl (C=O) groups excluding carboxylic acids is 1. The fourth-order valence-corrected chi connectivity index (χ4v) is 3.43. The lowest BCUT2D eigenvalue weighted by Crippen LogP contribution is -2.52. The Bertz CT molecular complexity index is 732. The third kappa shape index (κ3) is 5.57. The number of aryl methyl sites for hydroxylation is 2. The van der Waals surface area contributed by atoms with E-state index in [1.165, 1.54) is 16.7 Å². The van der Waals surface area contributed by atoms with Crippen molar-refractivity contribution in [3.8, 4) is 5.75 Å². The highest BCUT2D eigenvalue weighted by molar-refractivity contribution is 5.79. The Kier molecular flexibility index (Phi) is 6.51. The van der Waals surface area contributed by atoms with Gasteiger partial charge in [-0.25, -0.2) is 0 Å². The number of likely N-dealkylation sites (tertiary alicyclic amines) is 1. The molecular weight excluding hydrogens is 336 g/mol. The molecule has 0 saturated carbocycles. The van der Waals surface area contributed by atoms with Gasteiger partial charge in [0.05, 0.1) is 12.0 Å². The summed E-state index contributed by atoms with van der Waals surface area (Å²) in [5, 5.41) is 2.72. The molecule has 27 heavy (non-hydrogen) atoms. The summed E-state index contributed by atoms with van der Waals surface area (Å²) in [5.41, 5.74) is 3.99. The van der Waals surface area contributed by atoms with Gasteiger partial charge in [-0.2, -0.15) is 0 Å². The number of hydrogen-bond donors (Lipinski definition) is 1. The maximum absolute atomic E-state index is 11.5. The van der Waals surface area contributed by atoms with Crippen molar-refractivity contribution in [2.24, 2.45) is 5.92 Å². The standard InChI is InChI=1S/C23H30N2O2/c1-17(2)27-22-12-10-19(11-13-22)5-4-18-6-8-20(9-7-18)14-25-15-21(16-25)23(26)24-3/h6-13,17,21H,4-5,14-16H2,1-3H3,(H,24,26). The van der Waals surface area contributed by atoms with E-state index >= 15 is 0 Å². The molecule has 1 fully saturated rings. The van der Waals surface area contributed by atoms with E-state index in [2.05, 4.69) is 58.7 Å². The van der Waals surface area contributed by atoms with Gasteiger partial charge in [0.1, 0.15) is 5.75 Å². The molecule has 1 N–H and O–H groups in total. The van der Waals surface area contributed by atoms with Crippen molar-refractivity contribution in [2.45, 2.75) is 39.3 Å². The van der Waals surface area contributed by atoms with Crippen LogP contribution in [0.5, 0.6) is 5.75 Å². The predicted molar refractivity (Wildman–Crippen MR) is 109 cm³/mol. The minimum absolute atomic E-state index is 0.158. The van der Waals surface area contributed by atoms with Crippen molar-refractivity contribution in [3.63, 3.8) is 0 Å². The van der Waals surface area contributed by atoms with Crippen LogP contribution >= 0.6 is 0 Å². The molecule has 4 heteroatoms. The van der Waals surface area contributed by atoms with E-state index in [4.69, 9.17) is 4.74 Å². The number of hydrogen-bond acceptors (Lipinski definition) is 3. The van der Waals surface area contributed by atoms with Crippen molar-refractivity contribution < 1.29 is 9.53 Å². The quantitative estimate of drug-likeness (QED) is 0.778. The van der Waals surface area contributed by atoms with E-state index in [9.17, 15) is 4.79 Å². The Morgan fingerprint density at radius 3 is 2.04 bits per heavy atom. The molecule has 0 unspecified atom stereocenters. The van der Waals surface area contributed by atoms with Crippen LogP contribution in [-0.2, 0) is 24.2 Å². The number of rotatable bonds is 8. The second-order valence-corrected chi connectivity index (χ2v) is 7.63. The zero-order chi connectivity index (χ0) is 19.2. The van der Waals surface area contributed by atoms with Crippen LogP contribution in [0.2, 0.25) is 0 Å². The molecule has 0 bridgehead atoms. The predicted octanol–water partition coefficient (Wildman–Crippen LogP) is 3.44. The molecule has 0 spiro atoms. The van der Waals surface area contributed by atoms with Crippen molar-refractivity contribution in [1.29, 1.82) is 0 Å². The highest BCUT2D eigenvalue weighted by atomic mass is 16.5. The van der Waals surface area contributed by atoms with Gasteiger partial charge in [0.25, 0.3) is 0 Å². The van der Waals surface area contributed by atoms with Gasteiger partial charge in [-0.3, -0.25) is 9.69 Å². The molecule has 4 nitrogen and oxygen atoms in total. The van der Waals surface area contributed by atoms with Crippen LogP contribution in [-0.4, -0.2) is 37.0 Å². The van der Waals surface area contributed by atoms with Crippen molar-refractivity contribution in [1.82, 2.24) is 10.2 Å². The minimum atomic E-state index is 0.158. The first-order chi connectivity index (χ1) is 13.0. The number of nitrogens with zero attached hydrogens (tertiary/aromatic N) is 1. The number of benzene rings is 2. The molecule has 1 heterocycles. The van der Waals surface area contributed by atoms with Crippen LogP contribution in [0.1, 0.15) is 30.5 Å². The number of ether oxygens (including phenoxy) is 1. The summed E-state index contributed by atoms with van der Waals surface area (Å²) in [6.45, 7) is 6.72. The normalized spacial score (nSPS) is 14.8. The molecule has 0 aliphatic carbocycles. The number of nitrogens with one attached hydrogen (secondary N) is 1. The molecule has 0 atom stereocenters. The summed E-state index contributed by atoms with van der Waals surface area (Å²) in [6, 6.07) is 17.3. The molecule has 2 aromatic carbocycles. The third-order valence-corrected chi connectivity index (χ3v) is 5.00. The van der Waals surface area contributed by atoms with Crippen molar-refractivity contribution in [2.75, 3.05) is 20.1 Å². The molecule has 2 aromatic rings. The fourth-order valence-electron chi connectivity index (χ4n) is 3.43. The largest absolute Gasteiger partial charge is 0.491 e. The molecule has 0 aromatic heterocycles. The second kappa shape index (κ2) is 9.05. The summed E-state index contributed by atoms with van der Waals surface area (Å²) in [4.78, 5) is 13.9. The lowest BCUT2D eigenvalue weighted by Gasteiger charge is -2.38. The van der Waals surface area contributed by atoms with Gasteiger partial charge in [0, 0.05) is 26.7 Å². The smallest absolute Gasteiger partial charge is 0.225 e. The molecular formula is C23H30N2O2. The Hall–Kier alpha value is -2.33. The SMILES string of the molecule is CNC(=O)C1CN(Cc2ccc(CCc3ccc(OC(C)C)cc3)cc2)C1. The average Bonchev–Trinajstić information content (AvgIpc) is 2.63. The highest BCUT2D eigenvalue weighted by Gasteiger charge is 2.31. The molecule has 1 saturated heterocycles. The van der Waals surface area contributed by atoms with Gasteiger partial charge in [-0.15, -0.1) is 0 Å². The Morgan fingerprint density at radius 2 is 1.52 bits per heavy atom. The van der Waals surface area contributed by atoms with Crippen LogP contribution in [0.3, 0.4) is 0 Å².